The summed E-state index contributed by atoms with van der Waals surface area (Å²) in [5.74, 6) is -2.88. The molecule has 3 amide bonds. The minimum atomic E-state index is -1.15. The second-order valence-corrected chi connectivity index (χ2v) is 9.85. The van der Waals surface area contributed by atoms with E-state index in [-0.39, 0.29) is 35.1 Å². The van der Waals surface area contributed by atoms with Crippen molar-refractivity contribution in [1.29, 1.82) is 0 Å². The maximum atomic E-state index is 13.3. The van der Waals surface area contributed by atoms with E-state index in [0.717, 1.165) is 16.9 Å². The Morgan fingerprint density at radius 2 is 1.63 bits per heavy atom. The van der Waals surface area contributed by atoms with Gasteiger partial charge in [0.2, 0.25) is 11.8 Å². The fourth-order valence-corrected chi connectivity index (χ4v) is 5.65. The summed E-state index contributed by atoms with van der Waals surface area (Å²) < 4.78 is 5.29. The van der Waals surface area contributed by atoms with Crippen LogP contribution in [0.2, 0.25) is 10.0 Å². The number of allylic oxidation sites excluding steroid dienone is 2. The molecule has 7 nitrogen and oxygen atoms in total. The third-order valence-corrected chi connectivity index (χ3v) is 7.65. The smallest absolute Gasteiger partial charge is 0.330 e. The molecule has 1 saturated heterocycles. The fourth-order valence-electron chi connectivity index (χ4n) is 5.35. The molecule has 35 heavy (non-hydrogen) atoms. The third kappa shape index (κ3) is 4.46. The van der Waals surface area contributed by atoms with E-state index in [1.54, 1.807) is 6.07 Å². The van der Waals surface area contributed by atoms with E-state index < -0.39 is 36.4 Å². The van der Waals surface area contributed by atoms with Crippen LogP contribution in [0.4, 0.5) is 5.69 Å². The van der Waals surface area contributed by atoms with Gasteiger partial charge in [0, 0.05) is 12.1 Å². The van der Waals surface area contributed by atoms with Gasteiger partial charge in [-0.1, -0.05) is 65.7 Å². The Kier molecular flexibility index (Phi) is 6.38. The topological polar surface area (TPSA) is 92.8 Å². The number of halogens is 2. The van der Waals surface area contributed by atoms with Crippen molar-refractivity contribution >= 4 is 52.6 Å². The van der Waals surface area contributed by atoms with E-state index in [9.17, 15) is 19.2 Å². The first-order valence-corrected chi connectivity index (χ1v) is 12.1. The first kappa shape index (κ1) is 23.6. The Bertz CT molecular complexity index is 1200. The maximum absolute atomic E-state index is 13.3. The predicted octanol–water partition coefficient (Wildman–Crippen LogP) is 3.89. The molecule has 2 aromatic rings. The Hall–Kier alpha value is -3.16. The van der Waals surface area contributed by atoms with Crippen molar-refractivity contribution in [2.75, 3.05) is 11.9 Å². The highest BCUT2D eigenvalue weighted by Gasteiger charge is 2.61. The number of fused-ring (bicyclic) bond motifs is 5. The minimum Gasteiger partial charge on any atom is -0.454 e. The van der Waals surface area contributed by atoms with Crippen LogP contribution in [-0.2, 0) is 30.3 Å². The largest absolute Gasteiger partial charge is 0.454 e. The van der Waals surface area contributed by atoms with Crippen LogP contribution in [0, 0.1) is 23.7 Å². The number of hydrogen-bond donors (Lipinski definition) is 1. The SMILES string of the molecule is O=C(COC(=O)[C@H](Cc1ccccc1)N1C(=O)[C@H]2[C@H](C1=O)[C@H]1C=C[C@H]2C1)Nc1ccc(Cl)c(Cl)c1. The van der Waals surface area contributed by atoms with Crippen LogP contribution in [0.15, 0.2) is 60.7 Å². The van der Waals surface area contributed by atoms with Gasteiger partial charge in [0.15, 0.2) is 6.61 Å². The van der Waals surface area contributed by atoms with Gasteiger partial charge in [0.1, 0.15) is 6.04 Å². The molecule has 1 heterocycles. The summed E-state index contributed by atoms with van der Waals surface area (Å²) in [5.41, 5.74) is 1.16. The molecule has 2 bridgehead atoms. The molecule has 5 atom stereocenters. The van der Waals surface area contributed by atoms with Gasteiger partial charge >= 0.3 is 5.97 Å². The minimum absolute atomic E-state index is 0.0248. The van der Waals surface area contributed by atoms with Crippen molar-refractivity contribution in [3.05, 3.63) is 76.3 Å². The van der Waals surface area contributed by atoms with Gasteiger partial charge in [-0.05, 0) is 42.0 Å². The highest BCUT2D eigenvalue weighted by molar-refractivity contribution is 6.42. The Balaban J connectivity index is 1.31. The first-order valence-electron chi connectivity index (χ1n) is 11.3. The van der Waals surface area contributed by atoms with Crippen molar-refractivity contribution in [2.24, 2.45) is 23.7 Å². The lowest BCUT2D eigenvalue weighted by Gasteiger charge is -2.26. The number of imide groups is 1. The molecule has 9 heteroatoms. The van der Waals surface area contributed by atoms with E-state index in [4.69, 9.17) is 27.9 Å². The zero-order valence-electron chi connectivity index (χ0n) is 18.5. The van der Waals surface area contributed by atoms with Gasteiger partial charge < -0.3 is 10.1 Å². The number of likely N-dealkylation sites (tertiary alicyclic amines) is 1. The maximum Gasteiger partial charge on any atom is 0.330 e. The summed E-state index contributed by atoms with van der Waals surface area (Å²) in [6.07, 6.45) is 4.90. The van der Waals surface area contributed by atoms with Crippen molar-refractivity contribution in [1.82, 2.24) is 4.90 Å². The monoisotopic (exact) mass is 512 g/mol. The lowest BCUT2D eigenvalue weighted by molar-refractivity contribution is -0.160. The van der Waals surface area contributed by atoms with E-state index in [2.05, 4.69) is 5.32 Å². The summed E-state index contributed by atoms with van der Waals surface area (Å²) in [7, 11) is 0. The highest BCUT2D eigenvalue weighted by atomic mass is 35.5. The number of anilines is 1. The summed E-state index contributed by atoms with van der Waals surface area (Å²) in [6, 6.07) is 12.5. The third-order valence-electron chi connectivity index (χ3n) is 6.91. The van der Waals surface area contributed by atoms with Crippen LogP contribution < -0.4 is 5.32 Å². The number of carbonyl (C=O) groups excluding carboxylic acids is 4. The average molecular weight is 513 g/mol. The second kappa shape index (κ2) is 9.47. The average Bonchev–Trinajstić information content (AvgIpc) is 3.53. The molecule has 2 aromatic carbocycles. The number of benzene rings is 2. The van der Waals surface area contributed by atoms with Crippen LogP contribution >= 0.6 is 23.2 Å². The van der Waals surface area contributed by atoms with Crippen molar-refractivity contribution in [3.63, 3.8) is 0 Å². The zero-order chi connectivity index (χ0) is 24.7. The van der Waals surface area contributed by atoms with Gasteiger partial charge in [-0.2, -0.15) is 0 Å². The molecule has 0 aromatic heterocycles. The van der Waals surface area contributed by atoms with Crippen LogP contribution in [0.1, 0.15) is 12.0 Å². The number of esters is 1. The molecule has 0 spiro atoms. The van der Waals surface area contributed by atoms with Crippen LogP contribution in [-0.4, -0.2) is 41.2 Å². The number of ether oxygens (including phenoxy) is 1. The number of nitrogens with zero attached hydrogens (tertiary/aromatic N) is 1. The fraction of sp³-hybridized carbons (Fsp3) is 0.308. The Morgan fingerprint density at radius 1 is 0.971 bits per heavy atom. The molecule has 3 aliphatic rings. The molecular formula is C26H22Cl2N2O5. The molecule has 1 N–H and O–H groups in total. The lowest BCUT2D eigenvalue weighted by Crippen LogP contribution is -2.48. The van der Waals surface area contributed by atoms with Crippen molar-refractivity contribution < 1.29 is 23.9 Å². The summed E-state index contributed by atoms with van der Waals surface area (Å²) in [5, 5.41) is 3.19. The summed E-state index contributed by atoms with van der Waals surface area (Å²) in [4.78, 5) is 53.3. The molecule has 1 saturated carbocycles. The molecule has 0 unspecified atom stereocenters. The molecule has 5 rings (SSSR count). The molecule has 2 aliphatic carbocycles. The van der Waals surface area contributed by atoms with Gasteiger partial charge in [-0.15, -0.1) is 0 Å². The van der Waals surface area contributed by atoms with Gasteiger partial charge in [-0.25, -0.2) is 4.79 Å². The summed E-state index contributed by atoms with van der Waals surface area (Å²) in [6.45, 7) is -0.583. The van der Waals surface area contributed by atoms with E-state index in [0.29, 0.717) is 10.7 Å². The number of hydrogen-bond acceptors (Lipinski definition) is 5. The Labute approximate surface area is 212 Å². The molecule has 0 radical (unpaired) electrons. The van der Waals surface area contributed by atoms with Gasteiger partial charge in [-0.3, -0.25) is 19.3 Å². The van der Waals surface area contributed by atoms with E-state index >= 15 is 0 Å². The van der Waals surface area contributed by atoms with E-state index in [1.165, 1.54) is 12.1 Å². The molecular weight excluding hydrogens is 491 g/mol. The lowest BCUT2D eigenvalue weighted by atomic mass is 9.85. The highest BCUT2D eigenvalue weighted by Crippen LogP contribution is 2.53. The van der Waals surface area contributed by atoms with Crippen LogP contribution in [0.3, 0.4) is 0 Å². The van der Waals surface area contributed by atoms with E-state index in [1.807, 2.05) is 42.5 Å². The Morgan fingerprint density at radius 3 is 2.26 bits per heavy atom. The second-order valence-electron chi connectivity index (χ2n) is 9.04. The number of amides is 3. The van der Waals surface area contributed by atoms with Gasteiger partial charge in [0.05, 0.1) is 21.9 Å². The number of nitrogens with one attached hydrogen (secondary N) is 1. The normalized spacial score (nSPS) is 25.0. The van der Waals surface area contributed by atoms with Gasteiger partial charge in [0.25, 0.3) is 5.91 Å². The predicted molar refractivity (Wildman–Crippen MR) is 130 cm³/mol. The summed E-state index contributed by atoms with van der Waals surface area (Å²) >= 11 is 11.9. The zero-order valence-corrected chi connectivity index (χ0v) is 20.0. The molecule has 2 fully saturated rings. The van der Waals surface area contributed by atoms with Crippen LogP contribution in [0.5, 0.6) is 0 Å². The van der Waals surface area contributed by atoms with Crippen molar-refractivity contribution in [3.8, 4) is 0 Å². The van der Waals surface area contributed by atoms with Crippen LogP contribution in [0.25, 0.3) is 0 Å². The quantitative estimate of drug-likeness (QED) is 0.345. The first-order chi connectivity index (χ1) is 16.8. The number of rotatable bonds is 7. The number of carbonyl (C=O) groups is 4. The molecule has 180 valence electrons. The standard InChI is InChI=1S/C26H22Cl2N2O5/c27-18-9-8-17(12-19(18)28)29-21(31)13-35-26(34)20(10-14-4-2-1-3-5-14)30-24(32)22-15-6-7-16(11-15)23(22)25(30)33/h1-9,12,15-16,20,22-23H,10-11,13H2,(H,29,31)/t15-,16-,20-,22+,23+/m0/s1. The van der Waals surface area contributed by atoms with Crippen molar-refractivity contribution in [2.45, 2.75) is 18.9 Å². The molecule has 1 aliphatic heterocycles.